The fourth-order valence-corrected chi connectivity index (χ4v) is 5.94. The molecule has 44 heavy (non-hydrogen) atoms. The molecule has 4 aromatic rings. The van der Waals surface area contributed by atoms with Crippen LogP contribution < -0.4 is 29.1 Å². The lowest BCUT2D eigenvalue weighted by Gasteiger charge is -2.25. The van der Waals surface area contributed by atoms with E-state index in [1.54, 1.807) is 48.5 Å². The van der Waals surface area contributed by atoms with Crippen LogP contribution in [0, 0.1) is 0 Å². The highest BCUT2D eigenvalue weighted by atomic mass is 32.2. The molecule has 230 valence electrons. The lowest BCUT2D eigenvalue weighted by Crippen LogP contribution is -2.38. The Hall–Kier alpha value is -5.03. The molecule has 2 N–H and O–H groups in total. The van der Waals surface area contributed by atoms with Crippen LogP contribution in [0.5, 0.6) is 17.2 Å². The molecule has 4 aromatic carbocycles. The quantitative estimate of drug-likeness (QED) is 0.205. The Labute approximate surface area is 257 Å². The van der Waals surface area contributed by atoms with Crippen molar-refractivity contribution in [3.63, 3.8) is 0 Å². The number of anilines is 2. The van der Waals surface area contributed by atoms with Crippen LogP contribution in [0.15, 0.2) is 102 Å². The molecule has 0 unspecified atom stereocenters. The van der Waals surface area contributed by atoms with Gasteiger partial charge in [0.25, 0.3) is 15.9 Å². The van der Waals surface area contributed by atoms with Gasteiger partial charge in [-0.05, 0) is 67.9 Å². The molecule has 0 aliphatic rings. The van der Waals surface area contributed by atoms with Crippen molar-refractivity contribution in [1.29, 1.82) is 0 Å². The van der Waals surface area contributed by atoms with Crippen LogP contribution in [0.4, 0.5) is 11.4 Å². The van der Waals surface area contributed by atoms with Crippen molar-refractivity contribution in [2.24, 2.45) is 0 Å². The highest BCUT2D eigenvalue weighted by molar-refractivity contribution is 7.92. The largest absolute Gasteiger partial charge is 0.494 e. The summed E-state index contributed by atoms with van der Waals surface area (Å²) in [5, 5.41) is 5.67. The zero-order valence-electron chi connectivity index (χ0n) is 24.9. The maximum absolute atomic E-state index is 14.0. The minimum Gasteiger partial charge on any atom is -0.494 e. The number of hydrogen-bond donors (Lipinski definition) is 2. The van der Waals surface area contributed by atoms with Crippen molar-refractivity contribution >= 4 is 33.2 Å². The molecule has 0 aliphatic carbocycles. The predicted molar refractivity (Wildman–Crippen MR) is 169 cm³/mol. The average molecular weight is 618 g/mol. The van der Waals surface area contributed by atoms with Gasteiger partial charge in [-0.3, -0.25) is 13.9 Å². The van der Waals surface area contributed by atoms with Crippen LogP contribution in [-0.2, 0) is 14.8 Å². The summed E-state index contributed by atoms with van der Waals surface area (Å²) in [6.45, 7) is 3.56. The highest BCUT2D eigenvalue weighted by Gasteiger charge is 2.29. The number of nitrogens with zero attached hydrogens (tertiary/aromatic N) is 1. The van der Waals surface area contributed by atoms with Gasteiger partial charge in [-0.2, -0.15) is 0 Å². The third kappa shape index (κ3) is 7.48. The Kier molecular flexibility index (Phi) is 10.5. The molecule has 0 saturated heterocycles. The molecule has 0 saturated carbocycles. The Morgan fingerprint density at radius 1 is 0.841 bits per heavy atom. The molecule has 0 spiro atoms. The zero-order chi connectivity index (χ0) is 31.7. The fourth-order valence-electron chi connectivity index (χ4n) is 4.50. The van der Waals surface area contributed by atoms with Gasteiger partial charge in [0.1, 0.15) is 12.3 Å². The first-order chi connectivity index (χ1) is 21.2. The van der Waals surface area contributed by atoms with Crippen molar-refractivity contribution in [3.05, 3.63) is 108 Å². The summed E-state index contributed by atoms with van der Waals surface area (Å²) in [5.41, 5.74) is 1.64. The van der Waals surface area contributed by atoms with Crippen LogP contribution >= 0.6 is 0 Å². The van der Waals surface area contributed by atoms with E-state index in [0.717, 1.165) is 9.87 Å². The van der Waals surface area contributed by atoms with E-state index in [1.807, 2.05) is 44.2 Å². The van der Waals surface area contributed by atoms with Gasteiger partial charge in [0, 0.05) is 6.07 Å². The maximum Gasteiger partial charge on any atom is 0.264 e. The van der Waals surface area contributed by atoms with Gasteiger partial charge in [-0.25, -0.2) is 8.42 Å². The summed E-state index contributed by atoms with van der Waals surface area (Å²) in [7, 11) is -1.43. The van der Waals surface area contributed by atoms with E-state index in [4.69, 9.17) is 14.2 Å². The van der Waals surface area contributed by atoms with Crippen LogP contribution in [0.1, 0.15) is 35.8 Å². The Bertz CT molecular complexity index is 1690. The normalized spacial score (nSPS) is 11.6. The first-order valence-electron chi connectivity index (χ1n) is 13.9. The third-order valence-electron chi connectivity index (χ3n) is 6.76. The minimum atomic E-state index is -4.28. The molecule has 4 rings (SSSR count). The van der Waals surface area contributed by atoms with Gasteiger partial charge in [0.05, 0.1) is 48.7 Å². The lowest BCUT2D eigenvalue weighted by molar-refractivity contribution is -0.114. The first-order valence-corrected chi connectivity index (χ1v) is 15.3. The number of amides is 2. The summed E-state index contributed by atoms with van der Waals surface area (Å²) < 4.78 is 45.0. The van der Waals surface area contributed by atoms with E-state index in [-0.39, 0.29) is 33.6 Å². The molecule has 0 radical (unpaired) electrons. The van der Waals surface area contributed by atoms with Crippen molar-refractivity contribution in [3.8, 4) is 17.2 Å². The Balaban J connectivity index is 1.62. The smallest absolute Gasteiger partial charge is 0.264 e. The molecule has 2 amide bonds. The SMILES string of the molecule is CCOc1ccc(N(CC(=O)Nc2ccccc2C(=O)N[C@@H](C)c2ccccc2)S(=O)(=O)c2ccc(OC)c(OC)c2)cc1. The second kappa shape index (κ2) is 14.4. The van der Waals surface area contributed by atoms with Crippen LogP contribution in [0.3, 0.4) is 0 Å². The number of benzene rings is 4. The number of carbonyl (C=O) groups excluding carboxylic acids is 2. The van der Waals surface area contributed by atoms with E-state index in [9.17, 15) is 18.0 Å². The lowest BCUT2D eigenvalue weighted by atomic mass is 10.1. The molecule has 10 nitrogen and oxygen atoms in total. The number of ether oxygens (including phenoxy) is 3. The van der Waals surface area contributed by atoms with Crippen LogP contribution in [0.25, 0.3) is 0 Å². The molecule has 0 aromatic heterocycles. The second-order valence-corrected chi connectivity index (χ2v) is 11.5. The molecular formula is C33H35N3O7S. The standard InChI is InChI=1S/C33H35N3O7S/c1-5-43-26-17-15-25(16-18-26)36(44(39,40)27-19-20-30(41-3)31(21-27)42-4)22-32(37)35-29-14-10-9-13-28(29)33(38)34-23(2)24-11-7-6-8-12-24/h6-21,23H,5,22H2,1-4H3,(H,34,38)(H,35,37)/t23-/m0/s1. The van der Waals surface area contributed by atoms with Crippen LogP contribution in [0.2, 0.25) is 0 Å². The van der Waals surface area contributed by atoms with Gasteiger partial charge in [-0.15, -0.1) is 0 Å². The average Bonchev–Trinajstić information content (AvgIpc) is 3.04. The topological polar surface area (TPSA) is 123 Å². The van der Waals surface area contributed by atoms with E-state index in [0.29, 0.717) is 18.1 Å². The number of sulfonamides is 1. The second-order valence-electron chi connectivity index (χ2n) is 9.65. The number of carbonyl (C=O) groups is 2. The molecule has 0 fully saturated rings. The third-order valence-corrected chi connectivity index (χ3v) is 8.53. The number of para-hydroxylation sites is 1. The van der Waals surface area contributed by atoms with Crippen molar-refractivity contribution in [2.75, 3.05) is 37.0 Å². The molecule has 1 atom stereocenters. The van der Waals surface area contributed by atoms with Crippen LogP contribution in [-0.4, -0.2) is 47.6 Å². The fraction of sp³-hybridized carbons (Fsp3) is 0.212. The summed E-state index contributed by atoms with van der Waals surface area (Å²) in [6.07, 6.45) is 0. The van der Waals surface area contributed by atoms with Crippen molar-refractivity contribution in [2.45, 2.75) is 24.8 Å². The number of methoxy groups -OCH3 is 2. The van der Waals surface area contributed by atoms with Crippen molar-refractivity contribution < 1.29 is 32.2 Å². The summed E-state index contributed by atoms with van der Waals surface area (Å²) in [5.74, 6) is 0.0781. The number of hydrogen-bond acceptors (Lipinski definition) is 7. The summed E-state index contributed by atoms with van der Waals surface area (Å²) in [6, 6.07) is 26.3. The molecule has 11 heteroatoms. The van der Waals surface area contributed by atoms with Gasteiger partial charge >= 0.3 is 0 Å². The number of rotatable bonds is 13. The van der Waals surface area contributed by atoms with Gasteiger partial charge in [0.2, 0.25) is 5.91 Å². The summed E-state index contributed by atoms with van der Waals surface area (Å²) in [4.78, 5) is 26.6. The minimum absolute atomic E-state index is 0.105. The van der Waals surface area contributed by atoms with Gasteiger partial charge < -0.3 is 24.8 Å². The van der Waals surface area contributed by atoms with Gasteiger partial charge in [-0.1, -0.05) is 42.5 Å². The first kappa shape index (κ1) is 31.9. The highest BCUT2D eigenvalue weighted by Crippen LogP contribution is 2.33. The Morgan fingerprint density at radius 3 is 2.16 bits per heavy atom. The maximum atomic E-state index is 14.0. The van der Waals surface area contributed by atoms with Crippen molar-refractivity contribution in [1.82, 2.24) is 5.32 Å². The monoisotopic (exact) mass is 617 g/mol. The van der Waals surface area contributed by atoms with E-state index in [1.165, 1.54) is 32.4 Å². The number of nitrogens with one attached hydrogen (secondary N) is 2. The molecule has 0 aliphatic heterocycles. The van der Waals surface area contributed by atoms with E-state index >= 15 is 0 Å². The predicted octanol–water partition coefficient (Wildman–Crippen LogP) is 5.43. The molecule has 0 heterocycles. The van der Waals surface area contributed by atoms with Gasteiger partial charge in [0.15, 0.2) is 11.5 Å². The van der Waals surface area contributed by atoms with E-state index in [2.05, 4.69) is 10.6 Å². The summed E-state index contributed by atoms with van der Waals surface area (Å²) >= 11 is 0. The van der Waals surface area contributed by atoms with E-state index < -0.39 is 28.4 Å². The Morgan fingerprint density at radius 2 is 1.50 bits per heavy atom. The zero-order valence-corrected chi connectivity index (χ0v) is 25.8. The molecular weight excluding hydrogens is 582 g/mol. The molecule has 0 bridgehead atoms.